The fraction of sp³-hybridized carbons (Fsp3) is 0.500. The third kappa shape index (κ3) is 4.92. The maximum absolute atomic E-state index is 12.3. The molecule has 3 rings (SSSR count). The predicted molar refractivity (Wildman–Crippen MR) is 100 cm³/mol. The quantitative estimate of drug-likeness (QED) is 0.809. The molecule has 8 heteroatoms. The molecule has 2 aromatic heterocycles. The number of hydrogen-bond donors (Lipinski definition) is 2. The number of likely N-dealkylation sites (tertiary alicyclic amines) is 1. The molecule has 2 aromatic rings. The lowest BCUT2D eigenvalue weighted by Gasteiger charge is -2.29. The Labute approximate surface area is 156 Å². The predicted octanol–water partition coefficient (Wildman–Crippen LogP) is 2.73. The zero-order chi connectivity index (χ0) is 18.5. The number of nitrogens with one attached hydrogen (secondary N) is 2. The Bertz CT molecular complexity index is 735. The van der Waals surface area contributed by atoms with Gasteiger partial charge >= 0.3 is 0 Å². The summed E-state index contributed by atoms with van der Waals surface area (Å²) in [6.07, 6.45) is 3.86. The van der Waals surface area contributed by atoms with Gasteiger partial charge < -0.3 is 15.1 Å². The molecule has 26 heavy (non-hydrogen) atoms. The Balaban J connectivity index is 1.48. The number of rotatable bonds is 6. The number of furan rings is 1. The van der Waals surface area contributed by atoms with Gasteiger partial charge in [0, 0.05) is 11.9 Å². The van der Waals surface area contributed by atoms with Crippen molar-refractivity contribution in [2.45, 2.75) is 39.3 Å². The lowest BCUT2D eigenvalue weighted by atomic mass is 9.99. The molecule has 1 aliphatic rings. The second-order valence-corrected chi connectivity index (χ2v) is 7.62. The molecule has 1 atom stereocenters. The van der Waals surface area contributed by atoms with E-state index >= 15 is 0 Å². The van der Waals surface area contributed by atoms with Crippen molar-refractivity contribution in [3.05, 3.63) is 35.2 Å². The van der Waals surface area contributed by atoms with Gasteiger partial charge in [-0.2, -0.15) is 0 Å². The summed E-state index contributed by atoms with van der Waals surface area (Å²) < 4.78 is 5.02. The van der Waals surface area contributed by atoms with Crippen molar-refractivity contribution in [1.29, 1.82) is 0 Å². The molecule has 1 aliphatic heterocycles. The van der Waals surface area contributed by atoms with Gasteiger partial charge in [-0.05, 0) is 50.9 Å². The molecule has 0 radical (unpaired) electrons. The molecule has 1 unspecified atom stereocenters. The summed E-state index contributed by atoms with van der Waals surface area (Å²) in [5.74, 6) is 0.251. The van der Waals surface area contributed by atoms with Crippen LogP contribution < -0.4 is 10.6 Å². The minimum absolute atomic E-state index is 0.178. The lowest BCUT2D eigenvalue weighted by molar-refractivity contribution is -0.117. The van der Waals surface area contributed by atoms with E-state index in [9.17, 15) is 9.59 Å². The molecule has 2 amide bonds. The average Bonchev–Trinajstić information content (AvgIpc) is 3.29. The standard InChI is InChI=1S/C18H24N4O3S/c1-12-5-7-22(8-6-12)10-14-11-26-18(20-14)21-16(23)13(2)19-17(24)15-4-3-9-25-15/h3-4,9,11-13H,5-8,10H2,1-2H3,(H,19,24)(H,20,21,23). The third-order valence-electron chi connectivity index (χ3n) is 4.53. The van der Waals surface area contributed by atoms with Crippen molar-refractivity contribution in [3.63, 3.8) is 0 Å². The van der Waals surface area contributed by atoms with Crippen molar-refractivity contribution in [2.75, 3.05) is 18.4 Å². The zero-order valence-corrected chi connectivity index (χ0v) is 15.8. The van der Waals surface area contributed by atoms with Crippen LogP contribution in [0.5, 0.6) is 0 Å². The van der Waals surface area contributed by atoms with Gasteiger partial charge in [-0.25, -0.2) is 4.98 Å². The SMILES string of the molecule is CC1CCN(Cc2csc(NC(=O)C(C)NC(=O)c3ccco3)n2)CC1. The summed E-state index contributed by atoms with van der Waals surface area (Å²) in [6.45, 7) is 6.91. The monoisotopic (exact) mass is 376 g/mol. The molecular weight excluding hydrogens is 352 g/mol. The van der Waals surface area contributed by atoms with E-state index in [1.54, 1.807) is 19.1 Å². The van der Waals surface area contributed by atoms with Crippen LogP contribution in [0.4, 0.5) is 5.13 Å². The van der Waals surface area contributed by atoms with E-state index in [0.29, 0.717) is 5.13 Å². The van der Waals surface area contributed by atoms with E-state index in [-0.39, 0.29) is 11.7 Å². The molecular formula is C18H24N4O3S. The van der Waals surface area contributed by atoms with Gasteiger partial charge in [-0.1, -0.05) is 6.92 Å². The second-order valence-electron chi connectivity index (χ2n) is 6.76. The van der Waals surface area contributed by atoms with Crippen LogP contribution in [0, 0.1) is 5.92 Å². The van der Waals surface area contributed by atoms with E-state index in [1.165, 1.54) is 30.4 Å². The van der Waals surface area contributed by atoms with Crippen LogP contribution in [0.15, 0.2) is 28.2 Å². The maximum Gasteiger partial charge on any atom is 0.287 e. The summed E-state index contributed by atoms with van der Waals surface area (Å²) in [7, 11) is 0. The first-order chi connectivity index (χ1) is 12.5. The van der Waals surface area contributed by atoms with Gasteiger partial charge in [0.15, 0.2) is 10.9 Å². The topological polar surface area (TPSA) is 87.5 Å². The highest BCUT2D eigenvalue weighted by molar-refractivity contribution is 7.13. The van der Waals surface area contributed by atoms with E-state index in [1.807, 2.05) is 5.38 Å². The van der Waals surface area contributed by atoms with Crippen LogP contribution in [0.25, 0.3) is 0 Å². The molecule has 3 heterocycles. The Morgan fingerprint density at radius 1 is 1.42 bits per heavy atom. The van der Waals surface area contributed by atoms with E-state index < -0.39 is 11.9 Å². The van der Waals surface area contributed by atoms with Crippen molar-refractivity contribution >= 4 is 28.3 Å². The average molecular weight is 376 g/mol. The number of hydrogen-bond acceptors (Lipinski definition) is 6. The van der Waals surface area contributed by atoms with E-state index in [0.717, 1.165) is 31.2 Å². The largest absolute Gasteiger partial charge is 0.459 e. The fourth-order valence-electron chi connectivity index (χ4n) is 2.84. The highest BCUT2D eigenvalue weighted by Crippen LogP contribution is 2.21. The first-order valence-corrected chi connectivity index (χ1v) is 9.71. The summed E-state index contributed by atoms with van der Waals surface area (Å²) in [5, 5.41) is 7.89. The Kier molecular flexibility index (Phi) is 6.05. The maximum atomic E-state index is 12.3. The number of thiazole rings is 1. The highest BCUT2D eigenvalue weighted by Gasteiger charge is 2.20. The fourth-order valence-corrected chi connectivity index (χ4v) is 3.55. The highest BCUT2D eigenvalue weighted by atomic mass is 32.1. The van der Waals surface area contributed by atoms with E-state index in [2.05, 4.69) is 27.4 Å². The molecule has 0 spiro atoms. The molecule has 140 valence electrons. The van der Waals surface area contributed by atoms with Crippen molar-refractivity contribution in [2.24, 2.45) is 5.92 Å². The first-order valence-electron chi connectivity index (χ1n) is 8.83. The molecule has 1 fully saturated rings. The van der Waals surface area contributed by atoms with Crippen LogP contribution in [-0.2, 0) is 11.3 Å². The number of nitrogens with zero attached hydrogens (tertiary/aromatic N) is 2. The van der Waals surface area contributed by atoms with Crippen molar-refractivity contribution < 1.29 is 14.0 Å². The van der Waals surface area contributed by atoms with Crippen LogP contribution in [0.2, 0.25) is 0 Å². The number of carbonyl (C=O) groups excluding carboxylic acids is 2. The molecule has 0 bridgehead atoms. The van der Waals surface area contributed by atoms with E-state index in [4.69, 9.17) is 4.42 Å². The molecule has 0 aromatic carbocycles. The van der Waals surface area contributed by atoms with Crippen LogP contribution >= 0.6 is 11.3 Å². The normalized spacial score (nSPS) is 17.0. The van der Waals surface area contributed by atoms with Crippen LogP contribution in [0.1, 0.15) is 42.9 Å². The number of anilines is 1. The molecule has 1 saturated heterocycles. The summed E-state index contributed by atoms with van der Waals surface area (Å²) >= 11 is 1.40. The summed E-state index contributed by atoms with van der Waals surface area (Å²) in [4.78, 5) is 31.1. The number of piperidine rings is 1. The van der Waals surface area contributed by atoms with Crippen LogP contribution in [0.3, 0.4) is 0 Å². The van der Waals surface area contributed by atoms with Gasteiger partial charge in [-0.3, -0.25) is 14.5 Å². The molecule has 0 aliphatic carbocycles. The Morgan fingerprint density at radius 2 is 2.19 bits per heavy atom. The zero-order valence-electron chi connectivity index (χ0n) is 15.0. The summed E-state index contributed by atoms with van der Waals surface area (Å²) in [6, 6.07) is 2.48. The Morgan fingerprint density at radius 3 is 2.88 bits per heavy atom. The lowest BCUT2D eigenvalue weighted by Crippen LogP contribution is -2.41. The van der Waals surface area contributed by atoms with Crippen molar-refractivity contribution in [1.82, 2.24) is 15.2 Å². The molecule has 2 N–H and O–H groups in total. The smallest absolute Gasteiger partial charge is 0.287 e. The first kappa shape index (κ1) is 18.6. The minimum atomic E-state index is -0.691. The Hall–Kier alpha value is -2.19. The van der Waals surface area contributed by atoms with Crippen molar-refractivity contribution in [3.8, 4) is 0 Å². The summed E-state index contributed by atoms with van der Waals surface area (Å²) in [5.41, 5.74) is 0.965. The molecule has 7 nitrogen and oxygen atoms in total. The van der Waals surface area contributed by atoms with Gasteiger partial charge in [0.2, 0.25) is 5.91 Å². The van der Waals surface area contributed by atoms with Gasteiger partial charge in [0.05, 0.1) is 12.0 Å². The molecule has 0 saturated carbocycles. The number of amides is 2. The third-order valence-corrected chi connectivity index (χ3v) is 5.34. The number of aromatic nitrogens is 1. The van der Waals surface area contributed by atoms with Gasteiger partial charge in [-0.15, -0.1) is 11.3 Å². The van der Waals surface area contributed by atoms with Gasteiger partial charge in [0.1, 0.15) is 6.04 Å². The second kappa shape index (κ2) is 8.46. The minimum Gasteiger partial charge on any atom is -0.459 e. The van der Waals surface area contributed by atoms with Gasteiger partial charge in [0.25, 0.3) is 5.91 Å². The number of carbonyl (C=O) groups is 2. The van der Waals surface area contributed by atoms with Crippen LogP contribution in [-0.4, -0.2) is 40.8 Å².